The Bertz CT molecular complexity index is 720. The molecule has 1 aromatic carbocycles. The van der Waals surface area contributed by atoms with Crippen LogP contribution in [-0.2, 0) is 10.0 Å². The first-order chi connectivity index (χ1) is 8.79. The van der Waals surface area contributed by atoms with Crippen molar-refractivity contribution in [2.45, 2.75) is 25.7 Å². The van der Waals surface area contributed by atoms with Gasteiger partial charge in [-0.05, 0) is 44.5 Å². The van der Waals surface area contributed by atoms with Gasteiger partial charge < -0.3 is 0 Å². The molecule has 102 valence electrons. The number of halogens is 1. The minimum atomic E-state index is -3.55. The molecule has 0 saturated heterocycles. The van der Waals surface area contributed by atoms with Gasteiger partial charge >= 0.3 is 0 Å². The van der Waals surface area contributed by atoms with E-state index in [1.165, 1.54) is 11.3 Å². The smallest absolute Gasteiger partial charge is 0.262 e. The third kappa shape index (κ3) is 3.11. The Labute approximate surface area is 122 Å². The molecule has 1 N–H and O–H groups in total. The summed E-state index contributed by atoms with van der Waals surface area (Å²) in [5, 5.41) is 0.540. The zero-order chi connectivity index (χ0) is 14.2. The maximum atomic E-state index is 12.3. The second kappa shape index (κ2) is 5.15. The lowest BCUT2D eigenvalue weighted by molar-refractivity contribution is 0.601. The molecule has 0 unspecified atom stereocenters. The average molecular weight is 316 g/mol. The summed E-state index contributed by atoms with van der Waals surface area (Å²) < 4.78 is 27.1. The molecule has 0 aliphatic carbocycles. The number of hydrogen-bond acceptors (Lipinski definition) is 3. The summed E-state index contributed by atoms with van der Waals surface area (Å²) in [7, 11) is -3.55. The minimum Gasteiger partial charge on any atom is -0.280 e. The summed E-state index contributed by atoms with van der Waals surface area (Å²) in [4.78, 5) is 2.08. The topological polar surface area (TPSA) is 46.2 Å². The first-order valence-corrected chi connectivity index (χ1v) is 8.33. The van der Waals surface area contributed by atoms with Gasteiger partial charge in [0.2, 0.25) is 0 Å². The van der Waals surface area contributed by atoms with Crippen molar-refractivity contribution in [2.24, 2.45) is 0 Å². The molecule has 1 aromatic heterocycles. The molecule has 2 rings (SSSR count). The summed E-state index contributed by atoms with van der Waals surface area (Å²) in [6.45, 7) is 5.56. The van der Waals surface area contributed by atoms with Gasteiger partial charge in [-0.2, -0.15) is 0 Å². The monoisotopic (exact) mass is 315 g/mol. The fraction of sp³-hybridized carbons (Fsp3) is 0.231. The molecule has 6 heteroatoms. The average Bonchev–Trinajstić information content (AvgIpc) is 2.63. The third-order valence-electron chi connectivity index (χ3n) is 2.71. The predicted octanol–water partition coefficient (Wildman–Crippen LogP) is 4.13. The Kier molecular flexibility index (Phi) is 3.90. The van der Waals surface area contributed by atoms with E-state index in [-0.39, 0.29) is 0 Å². The number of rotatable bonds is 3. The number of hydrogen-bond donors (Lipinski definition) is 1. The molecule has 0 atom stereocenters. The van der Waals surface area contributed by atoms with Crippen molar-refractivity contribution >= 4 is 38.6 Å². The van der Waals surface area contributed by atoms with Gasteiger partial charge in [0.25, 0.3) is 10.0 Å². The minimum absolute atomic E-state index is 0.326. The Morgan fingerprint density at radius 2 is 1.84 bits per heavy atom. The van der Waals surface area contributed by atoms with E-state index >= 15 is 0 Å². The lowest BCUT2D eigenvalue weighted by Gasteiger charge is -2.08. The number of benzene rings is 1. The second-order valence-electron chi connectivity index (χ2n) is 4.35. The molecular formula is C13H14ClNO2S2. The molecular weight excluding hydrogens is 302 g/mol. The summed E-state index contributed by atoms with van der Waals surface area (Å²) in [6.07, 6.45) is 0. The quantitative estimate of drug-likeness (QED) is 0.925. The number of aryl methyl sites for hydroxylation is 3. The fourth-order valence-corrected chi connectivity index (χ4v) is 4.53. The van der Waals surface area contributed by atoms with E-state index in [2.05, 4.69) is 4.72 Å². The summed E-state index contributed by atoms with van der Waals surface area (Å²) in [5.74, 6) is 0. The third-order valence-corrected chi connectivity index (χ3v) is 5.72. The number of sulfonamides is 1. The van der Waals surface area contributed by atoms with Gasteiger partial charge in [0, 0.05) is 14.8 Å². The zero-order valence-electron chi connectivity index (χ0n) is 10.8. The number of nitrogens with one attached hydrogen (secondary N) is 1. The van der Waals surface area contributed by atoms with E-state index in [1.807, 2.05) is 13.8 Å². The molecule has 19 heavy (non-hydrogen) atoms. The van der Waals surface area contributed by atoms with Gasteiger partial charge in [0.15, 0.2) is 0 Å². The molecule has 0 bridgehead atoms. The Balaban J connectivity index is 2.36. The van der Waals surface area contributed by atoms with E-state index < -0.39 is 10.0 Å². The SMILES string of the molecule is Cc1cc(S(=O)(=O)Nc2ccc(C)c(Cl)c2)c(C)s1. The van der Waals surface area contributed by atoms with Crippen molar-refractivity contribution in [3.63, 3.8) is 0 Å². The highest BCUT2D eigenvalue weighted by Crippen LogP contribution is 2.28. The molecule has 0 spiro atoms. The van der Waals surface area contributed by atoms with Gasteiger partial charge in [-0.3, -0.25) is 4.72 Å². The van der Waals surface area contributed by atoms with Crippen LogP contribution in [0.5, 0.6) is 0 Å². The van der Waals surface area contributed by atoms with E-state index in [9.17, 15) is 8.42 Å². The van der Waals surface area contributed by atoms with Crippen LogP contribution < -0.4 is 4.72 Å². The molecule has 0 fully saturated rings. The molecule has 0 aliphatic rings. The molecule has 0 aliphatic heterocycles. The number of thiophene rings is 1. The van der Waals surface area contributed by atoms with E-state index in [4.69, 9.17) is 11.6 Å². The molecule has 3 nitrogen and oxygen atoms in total. The zero-order valence-corrected chi connectivity index (χ0v) is 13.2. The first kappa shape index (κ1) is 14.4. The van der Waals surface area contributed by atoms with Crippen molar-refractivity contribution in [2.75, 3.05) is 4.72 Å². The van der Waals surface area contributed by atoms with Gasteiger partial charge in [-0.15, -0.1) is 11.3 Å². The van der Waals surface area contributed by atoms with Crippen LogP contribution in [-0.4, -0.2) is 8.42 Å². The highest BCUT2D eigenvalue weighted by Gasteiger charge is 2.19. The molecule has 1 heterocycles. The first-order valence-electron chi connectivity index (χ1n) is 5.65. The summed E-state index contributed by atoms with van der Waals surface area (Å²) >= 11 is 7.46. The van der Waals surface area contributed by atoms with E-state index in [0.717, 1.165) is 15.3 Å². The number of anilines is 1. The van der Waals surface area contributed by atoms with E-state index in [0.29, 0.717) is 15.6 Å². The van der Waals surface area contributed by atoms with Gasteiger partial charge in [0.1, 0.15) is 4.90 Å². The van der Waals surface area contributed by atoms with Crippen molar-refractivity contribution in [1.29, 1.82) is 0 Å². The second-order valence-corrected chi connectivity index (χ2v) is 7.87. The van der Waals surface area contributed by atoms with Crippen LogP contribution in [0.2, 0.25) is 5.02 Å². The van der Waals surface area contributed by atoms with Crippen molar-refractivity contribution in [1.82, 2.24) is 0 Å². The molecule has 0 amide bonds. The lowest BCUT2D eigenvalue weighted by Crippen LogP contribution is -2.13. The van der Waals surface area contributed by atoms with Gasteiger partial charge in [-0.25, -0.2) is 8.42 Å². The van der Waals surface area contributed by atoms with Crippen LogP contribution in [0, 0.1) is 20.8 Å². The highest BCUT2D eigenvalue weighted by molar-refractivity contribution is 7.93. The normalized spacial score (nSPS) is 11.6. The predicted molar refractivity (Wildman–Crippen MR) is 80.8 cm³/mol. The summed E-state index contributed by atoms with van der Waals surface area (Å²) in [6, 6.07) is 6.78. The van der Waals surface area contributed by atoms with Crippen LogP contribution in [0.1, 0.15) is 15.3 Å². The van der Waals surface area contributed by atoms with Crippen molar-refractivity contribution < 1.29 is 8.42 Å². The van der Waals surface area contributed by atoms with Crippen LogP contribution in [0.4, 0.5) is 5.69 Å². The molecule has 0 saturated carbocycles. The van der Waals surface area contributed by atoms with Crippen LogP contribution in [0.15, 0.2) is 29.2 Å². The van der Waals surface area contributed by atoms with Crippen LogP contribution in [0.3, 0.4) is 0 Å². The highest BCUT2D eigenvalue weighted by atomic mass is 35.5. The van der Waals surface area contributed by atoms with Gasteiger partial charge in [0.05, 0.1) is 5.69 Å². The van der Waals surface area contributed by atoms with Crippen LogP contribution in [0.25, 0.3) is 0 Å². The molecule has 0 radical (unpaired) electrons. The Hall–Kier alpha value is -1.04. The Morgan fingerprint density at radius 3 is 2.37 bits per heavy atom. The molecule has 2 aromatic rings. The van der Waals surface area contributed by atoms with E-state index in [1.54, 1.807) is 31.2 Å². The maximum Gasteiger partial charge on any atom is 0.262 e. The fourth-order valence-electron chi connectivity index (χ4n) is 1.74. The van der Waals surface area contributed by atoms with Crippen molar-refractivity contribution in [3.8, 4) is 0 Å². The largest absolute Gasteiger partial charge is 0.280 e. The van der Waals surface area contributed by atoms with Crippen molar-refractivity contribution in [3.05, 3.63) is 44.6 Å². The maximum absolute atomic E-state index is 12.3. The lowest BCUT2D eigenvalue weighted by atomic mass is 10.2. The van der Waals surface area contributed by atoms with Gasteiger partial charge in [-0.1, -0.05) is 17.7 Å². The standard InChI is InChI=1S/C13H14ClNO2S2/c1-8-4-5-11(7-12(8)14)15-19(16,17)13-6-9(2)18-10(13)3/h4-7,15H,1-3H3. The van der Waals surface area contributed by atoms with Crippen LogP contribution >= 0.6 is 22.9 Å². The Morgan fingerprint density at radius 1 is 1.16 bits per heavy atom. The summed E-state index contributed by atoms with van der Waals surface area (Å²) in [5.41, 5.74) is 1.38.